The third-order valence-electron chi connectivity index (χ3n) is 2.34. The quantitative estimate of drug-likeness (QED) is 0.914. The standard InChI is InChI=1S/C13H16N2OS.ClH/c1-3-16-11-6-4-10(5-7-11)12-9-17-13(15-12)8-14-2;/h4-7,9,14H,3,8H2,1-2H3;1H. The van der Waals surface area contributed by atoms with Gasteiger partial charge in [-0.1, -0.05) is 0 Å². The Labute approximate surface area is 118 Å². The van der Waals surface area contributed by atoms with Crippen molar-refractivity contribution in [2.45, 2.75) is 13.5 Å². The summed E-state index contributed by atoms with van der Waals surface area (Å²) >= 11 is 1.68. The number of nitrogens with one attached hydrogen (secondary N) is 1. The number of thiazole rings is 1. The normalized spacial score (nSPS) is 9.89. The van der Waals surface area contributed by atoms with Gasteiger partial charge in [-0.15, -0.1) is 23.7 Å². The first-order valence-electron chi connectivity index (χ1n) is 5.65. The van der Waals surface area contributed by atoms with Crippen molar-refractivity contribution in [2.75, 3.05) is 13.7 Å². The molecular weight excluding hydrogens is 268 g/mol. The van der Waals surface area contributed by atoms with Crippen LogP contribution in [0.4, 0.5) is 0 Å². The third-order valence-corrected chi connectivity index (χ3v) is 3.19. The largest absolute Gasteiger partial charge is 0.494 e. The molecule has 1 N–H and O–H groups in total. The van der Waals surface area contributed by atoms with E-state index in [9.17, 15) is 0 Å². The summed E-state index contributed by atoms with van der Waals surface area (Å²) in [5.74, 6) is 0.905. The molecule has 1 aromatic heterocycles. The van der Waals surface area contributed by atoms with Crippen LogP contribution in [0.15, 0.2) is 29.6 Å². The predicted octanol–water partition coefficient (Wildman–Crippen LogP) is 3.35. The molecule has 0 amide bonds. The van der Waals surface area contributed by atoms with Crippen LogP contribution in [0.1, 0.15) is 11.9 Å². The first-order valence-corrected chi connectivity index (χ1v) is 6.53. The lowest BCUT2D eigenvalue weighted by molar-refractivity contribution is 0.340. The van der Waals surface area contributed by atoms with E-state index in [4.69, 9.17) is 4.74 Å². The van der Waals surface area contributed by atoms with Crippen LogP contribution < -0.4 is 10.1 Å². The van der Waals surface area contributed by atoms with Crippen LogP contribution in [0.3, 0.4) is 0 Å². The third kappa shape index (κ3) is 3.70. The molecule has 3 nitrogen and oxygen atoms in total. The molecule has 0 fully saturated rings. The van der Waals surface area contributed by atoms with Gasteiger partial charge in [-0.25, -0.2) is 4.98 Å². The maximum atomic E-state index is 5.41. The second-order valence-corrected chi connectivity index (χ2v) is 4.56. The van der Waals surface area contributed by atoms with Crippen LogP contribution in [0.25, 0.3) is 11.3 Å². The van der Waals surface area contributed by atoms with E-state index in [0.717, 1.165) is 28.6 Å². The van der Waals surface area contributed by atoms with Crippen molar-refractivity contribution in [1.82, 2.24) is 10.3 Å². The fraction of sp³-hybridized carbons (Fsp3) is 0.308. The zero-order chi connectivity index (χ0) is 12.1. The minimum absolute atomic E-state index is 0. The van der Waals surface area contributed by atoms with Gasteiger partial charge in [-0.2, -0.15) is 0 Å². The van der Waals surface area contributed by atoms with Crippen LogP contribution >= 0.6 is 23.7 Å². The molecular formula is C13H17ClN2OS. The van der Waals surface area contributed by atoms with Crippen LogP contribution in [0.5, 0.6) is 5.75 Å². The van der Waals surface area contributed by atoms with Gasteiger partial charge < -0.3 is 10.1 Å². The smallest absolute Gasteiger partial charge is 0.119 e. The molecule has 2 rings (SSSR count). The Morgan fingerprint density at radius 1 is 1.28 bits per heavy atom. The number of ether oxygens (including phenoxy) is 1. The molecule has 5 heteroatoms. The summed E-state index contributed by atoms with van der Waals surface area (Å²) < 4.78 is 5.41. The Morgan fingerprint density at radius 2 is 2.00 bits per heavy atom. The van der Waals surface area contributed by atoms with Crippen molar-refractivity contribution in [1.29, 1.82) is 0 Å². The molecule has 0 aliphatic rings. The van der Waals surface area contributed by atoms with E-state index in [2.05, 4.69) is 15.7 Å². The second kappa shape index (κ2) is 7.36. The highest BCUT2D eigenvalue weighted by atomic mass is 35.5. The monoisotopic (exact) mass is 284 g/mol. The molecule has 0 aliphatic carbocycles. The summed E-state index contributed by atoms with van der Waals surface area (Å²) in [7, 11) is 1.93. The minimum atomic E-state index is 0. The summed E-state index contributed by atoms with van der Waals surface area (Å²) in [5.41, 5.74) is 2.16. The summed E-state index contributed by atoms with van der Waals surface area (Å²) in [6.45, 7) is 3.50. The van der Waals surface area contributed by atoms with Crippen molar-refractivity contribution < 1.29 is 4.74 Å². The molecule has 0 unspecified atom stereocenters. The van der Waals surface area contributed by atoms with E-state index in [0.29, 0.717) is 6.61 Å². The predicted molar refractivity (Wildman–Crippen MR) is 78.7 cm³/mol. The van der Waals surface area contributed by atoms with Crippen LogP contribution in [-0.4, -0.2) is 18.6 Å². The highest BCUT2D eigenvalue weighted by Crippen LogP contribution is 2.24. The van der Waals surface area contributed by atoms with Crippen molar-refractivity contribution >= 4 is 23.7 Å². The van der Waals surface area contributed by atoms with Crippen molar-refractivity contribution in [2.24, 2.45) is 0 Å². The molecule has 0 atom stereocenters. The number of halogens is 1. The fourth-order valence-electron chi connectivity index (χ4n) is 1.56. The molecule has 1 aromatic carbocycles. The molecule has 0 bridgehead atoms. The van der Waals surface area contributed by atoms with Gasteiger partial charge >= 0.3 is 0 Å². The van der Waals surface area contributed by atoms with Crippen molar-refractivity contribution in [3.05, 3.63) is 34.7 Å². The van der Waals surface area contributed by atoms with E-state index >= 15 is 0 Å². The number of rotatable bonds is 5. The summed E-state index contributed by atoms with van der Waals surface area (Å²) in [5, 5.41) is 6.30. The number of hydrogen-bond donors (Lipinski definition) is 1. The van der Waals surface area contributed by atoms with Crippen LogP contribution in [0, 0.1) is 0 Å². The summed E-state index contributed by atoms with van der Waals surface area (Å²) in [4.78, 5) is 4.56. The van der Waals surface area contributed by atoms with Crippen LogP contribution in [-0.2, 0) is 6.54 Å². The number of benzene rings is 1. The van der Waals surface area contributed by atoms with E-state index in [-0.39, 0.29) is 12.4 Å². The lowest BCUT2D eigenvalue weighted by Crippen LogP contribution is -2.04. The first kappa shape index (κ1) is 15.0. The second-order valence-electron chi connectivity index (χ2n) is 3.61. The molecule has 0 aliphatic heterocycles. The fourth-order valence-corrected chi connectivity index (χ4v) is 2.38. The highest BCUT2D eigenvalue weighted by molar-refractivity contribution is 7.09. The Hall–Kier alpha value is -1.10. The van der Waals surface area contributed by atoms with Crippen molar-refractivity contribution in [3.8, 4) is 17.0 Å². The van der Waals surface area contributed by atoms with Gasteiger partial charge in [0.2, 0.25) is 0 Å². The molecule has 1 heterocycles. The Balaban J connectivity index is 0.00000162. The first-order chi connectivity index (χ1) is 8.33. The Morgan fingerprint density at radius 3 is 2.61 bits per heavy atom. The van der Waals surface area contributed by atoms with Gasteiger partial charge in [-0.3, -0.25) is 0 Å². The molecule has 98 valence electrons. The molecule has 2 aromatic rings. The van der Waals surface area contributed by atoms with Crippen molar-refractivity contribution in [3.63, 3.8) is 0 Å². The zero-order valence-corrected chi connectivity index (χ0v) is 12.1. The number of aromatic nitrogens is 1. The maximum Gasteiger partial charge on any atom is 0.119 e. The van der Waals surface area contributed by atoms with Gasteiger partial charge in [0.1, 0.15) is 10.8 Å². The van der Waals surface area contributed by atoms with Crippen LogP contribution in [0.2, 0.25) is 0 Å². The Bertz CT molecular complexity index is 470. The highest BCUT2D eigenvalue weighted by Gasteiger charge is 2.04. The van der Waals surface area contributed by atoms with E-state index in [1.165, 1.54) is 0 Å². The minimum Gasteiger partial charge on any atom is -0.494 e. The number of hydrogen-bond acceptors (Lipinski definition) is 4. The van der Waals surface area contributed by atoms with Gasteiger partial charge in [0.25, 0.3) is 0 Å². The molecule has 0 saturated heterocycles. The van der Waals surface area contributed by atoms with E-state index in [1.807, 2.05) is 38.2 Å². The topological polar surface area (TPSA) is 34.1 Å². The van der Waals surface area contributed by atoms with Gasteiger partial charge in [0.15, 0.2) is 0 Å². The number of nitrogens with zero attached hydrogens (tertiary/aromatic N) is 1. The molecule has 0 spiro atoms. The zero-order valence-electron chi connectivity index (χ0n) is 10.5. The average Bonchev–Trinajstić information content (AvgIpc) is 2.80. The summed E-state index contributed by atoms with van der Waals surface area (Å²) in [6, 6.07) is 8.05. The maximum absolute atomic E-state index is 5.41. The SMILES string of the molecule is CCOc1ccc(-c2csc(CNC)n2)cc1.Cl. The van der Waals surface area contributed by atoms with E-state index < -0.39 is 0 Å². The summed E-state index contributed by atoms with van der Waals surface area (Å²) in [6.07, 6.45) is 0. The molecule has 0 radical (unpaired) electrons. The molecule has 0 saturated carbocycles. The lowest BCUT2D eigenvalue weighted by Gasteiger charge is -2.03. The average molecular weight is 285 g/mol. The van der Waals surface area contributed by atoms with Gasteiger partial charge in [0, 0.05) is 17.5 Å². The lowest BCUT2D eigenvalue weighted by atomic mass is 10.2. The van der Waals surface area contributed by atoms with E-state index in [1.54, 1.807) is 11.3 Å². The van der Waals surface area contributed by atoms with Gasteiger partial charge in [-0.05, 0) is 38.2 Å². The molecule has 18 heavy (non-hydrogen) atoms. The Kier molecular flexibility index (Phi) is 6.12. The van der Waals surface area contributed by atoms with Gasteiger partial charge in [0.05, 0.1) is 12.3 Å².